The van der Waals surface area contributed by atoms with E-state index in [1.807, 2.05) is 13.8 Å². The standard InChI is InChI=1S/C32H45N5O8S2/c1-23-18-37(24(2)21-38)32(39)28-17-26(34-46(40,41)27-12-7-6-8-13-27)14-15-29(28)45-25(3)11-9-10-16-44-30(23)19-36(5)47(42,43)31-20-35(4)22-33-31/h6-8,12-15,17,20,22-25,30,34,38H,9-11,16,18-19,21H2,1-5H3/t23-,24-,25+,30+/m0/s1. The van der Waals surface area contributed by atoms with Gasteiger partial charge in [-0.2, -0.15) is 4.31 Å². The predicted molar refractivity (Wildman–Crippen MR) is 177 cm³/mol. The molecule has 0 saturated carbocycles. The molecule has 1 aliphatic rings. The number of sulfonamides is 2. The summed E-state index contributed by atoms with van der Waals surface area (Å²) in [7, 11) is -4.69. The minimum absolute atomic E-state index is 0.0110. The smallest absolute Gasteiger partial charge is 0.261 e. The molecular formula is C32H45N5O8S2. The van der Waals surface area contributed by atoms with Crippen molar-refractivity contribution >= 4 is 31.6 Å². The molecule has 2 aromatic carbocycles. The van der Waals surface area contributed by atoms with Crippen LogP contribution < -0.4 is 9.46 Å². The molecule has 1 amide bonds. The lowest BCUT2D eigenvalue weighted by Crippen LogP contribution is -2.48. The first-order chi connectivity index (χ1) is 22.2. The van der Waals surface area contributed by atoms with Crippen LogP contribution in [0.1, 0.15) is 50.4 Å². The van der Waals surface area contributed by atoms with Crippen molar-refractivity contribution in [2.75, 3.05) is 38.1 Å². The molecule has 0 aliphatic carbocycles. The van der Waals surface area contributed by atoms with Gasteiger partial charge >= 0.3 is 0 Å². The largest absolute Gasteiger partial charge is 0.490 e. The number of rotatable bonds is 9. The highest BCUT2D eigenvalue weighted by Crippen LogP contribution is 2.30. The van der Waals surface area contributed by atoms with E-state index in [1.54, 1.807) is 48.9 Å². The molecule has 0 spiro atoms. The molecule has 47 heavy (non-hydrogen) atoms. The van der Waals surface area contributed by atoms with Crippen molar-refractivity contribution in [3.05, 3.63) is 66.6 Å². The predicted octanol–water partition coefficient (Wildman–Crippen LogP) is 3.34. The molecule has 1 aromatic heterocycles. The van der Waals surface area contributed by atoms with Gasteiger partial charge in [-0.3, -0.25) is 9.52 Å². The van der Waals surface area contributed by atoms with Crippen LogP contribution in [0.3, 0.4) is 0 Å². The highest BCUT2D eigenvalue weighted by molar-refractivity contribution is 7.92. The maximum Gasteiger partial charge on any atom is 0.261 e. The summed E-state index contributed by atoms with van der Waals surface area (Å²) in [4.78, 5) is 19.9. The van der Waals surface area contributed by atoms with Crippen molar-refractivity contribution in [3.8, 4) is 5.75 Å². The number of ether oxygens (including phenoxy) is 2. The maximum absolute atomic E-state index is 14.3. The van der Waals surface area contributed by atoms with Crippen LogP contribution in [-0.4, -0.2) is 98.2 Å². The van der Waals surface area contributed by atoms with Crippen molar-refractivity contribution < 1.29 is 36.2 Å². The van der Waals surface area contributed by atoms with E-state index in [-0.39, 0.29) is 52.9 Å². The molecule has 3 aromatic rings. The fraction of sp³-hybridized carbons (Fsp3) is 0.500. The van der Waals surface area contributed by atoms with Gasteiger partial charge in [0, 0.05) is 51.6 Å². The van der Waals surface area contributed by atoms with Gasteiger partial charge in [-0.25, -0.2) is 21.8 Å². The molecule has 15 heteroatoms. The number of fused-ring (bicyclic) bond motifs is 1. The van der Waals surface area contributed by atoms with Gasteiger partial charge in [0.2, 0.25) is 0 Å². The summed E-state index contributed by atoms with van der Waals surface area (Å²) >= 11 is 0. The van der Waals surface area contributed by atoms with Crippen LogP contribution in [0.4, 0.5) is 5.69 Å². The van der Waals surface area contributed by atoms with Gasteiger partial charge in [-0.1, -0.05) is 25.1 Å². The summed E-state index contributed by atoms with van der Waals surface area (Å²) in [5, 5.41) is 10.1. The Bertz CT molecular complexity index is 1720. The Morgan fingerprint density at radius 1 is 1.11 bits per heavy atom. The fourth-order valence-corrected chi connectivity index (χ4v) is 7.51. The molecule has 0 unspecified atom stereocenters. The third kappa shape index (κ3) is 9.11. The number of carbonyl (C=O) groups excluding carboxylic acids is 1. The molecule has 4 rings (SSSR count). The quantitative estimate of drug-likeness (QED) is 0.343. The average molecular weight is 692 g/mol. The van der Waals surface area contributed by atoms with Crippen LogP contribution in [0.15, 0.2) is 71.0 Å². The number of benzene rings is 2. The van der Waals surface area contributed by atoms with E-state index in [4.69, 9.17) is 9.47 Å². The molecule has 1 aliphatic heterocycles. The fourth-order valence-electron chi connectivity index (χ4n) is 5.30. The Morgan fingerprint density at radius 2 is 1.83 bits per heavy atom. The van der Waals surface area contributed by atoms with Crippen LogP contribution in [0.2, 0.25) is 0 Å². The molecule has 2 heterocycles. The second kappa shape index (κ2) is 15.6. The first-order valence-electron chi connectivity index (χ1n) is 15.6. The number of nitrogens with zero attached hydrogens (tertiary/aromatic N) is 4. The van der Waals surface area contributed by atoms with Crippen LogP contribution >= 0.6 is 0 Å². The van der Waals surface area contributed by atoms with E-state index in [1.165, 1.54) is 47.0 Å². The summed E-state index contributed by atoms with van der Waals surface area (Å²) in [5.74, 6) is -0.564. The third-order valence-electron chi connectivity index (χ3n) is 8.15. The number of aromatic nitrogens is 2. The van der Waals surface area contributed by atoms with E-state index in [2.05, 4.69) is 9.71 Å². The van der Waals surface area contributed by atoms with Crippen molar-refractivity contribution in [2.24, 2.45) is 13.0 Å². The summed E-state index contributed by atoms with van der Waals surface area (Å²) in [6, 6.07) is 11.8. The molecule has 0 bridgehead atoms. The zero-order valence-electron chi connectivity index (χ0n) is 27.4. The molecule has 0 fully saturated rings. The lowest BCUT2D eigenvalue weighted by molar-refractivity contribution is -0.00835. The number of likely N-dealkylation sites (N-methyl/N-ethyl adjacent to an activating group) is 1. The topological polar surface area (TPSA) is 160 Å². The zero-order chi connectivity index (χ0) is 34.4. The molecular weight excluding hydrogens is 647 g/mol. The molecule has 4 atom stereocenters. The van der Waals surface area contributed by atoms with E-state index >= 15 is 0 Å². The first-order valence-corrected chi connectivity index (χ1v) is 18.5. The van der Waals surface area contributed by atoms with Gasteiger partial charge in [-0.15, -0.1) is 0 Å². The number of aliphatic hydroxyl groups is 1. The Balaban J connectivity index is 1.68. The van der Waals surface area contributed by atoms with Gasteiger partial charge in [0.25, 0.3) is 26.0 Å². The van der Waals surface area contributed by atoms with E-state index in [9.17, 15) is 26.7 Å². The van der Waals surface area contributed by atoms with E-state index < -0.39 is 38.1 Å². The molecule has 2 N–H and O–H groups in total. The molecule has 13 nitrogen and oxygen atoms in total. The minimum atomic E-state index is -3.94. The van der Waals surface area contributed by atoms with E-state index in [0.717, 1.165) is 6.42 Å². The maximum atomic E-state index is 14.3. The Morgan fingerprint density at radius 3 is 2.49 bits per heavy atom. The first kappa shape index (κ1) is 36.3. The van der Waals surface area contributed by atoms with Crippen molar-refractivity contribution in [2.45, 2.75) is 68.2 Å². The third-order valence-corrected chi connectivity index (χ3v) is 11.3. The van der Waals surface area contributed by atoms with Gasteiger partial charge in [0.1, 0.15) is 5.75 Å². The number of nitrogens with one attached hydrogen (secondary N) is 1. The second-order valence-corrected chi connectivity index (χ2v) is 15.8. The second-order valence-electron chi connectivity index (χ2n) is 12.1. The van der Waals surface area contributed by atoms with Crippen molar-refractivity contribution in [1.29, 1.82) is 0 Å². The zero-order valence-corrected chi connectivity index (χ0v) is 29.1. The number of amides is 1. The van der Waals surface area contributed by atoms with Crippen LogP contribution in [-0.2, 0) is 31.8 Å². The number of hydrogen-bond acceptors (Lipinski definition) is 9. The van der Waals surface area contributed by atoms with Gasteiger partial charge in [0.05, 0.1) is 41.6 Å². The SMILES string of the molecule is C[C@@H]1CCCCO[C@H](CN(C)S(=O)(=O)c2cn(C)cn2)[C@@H](C)CN([C@@H](C)CO)C(=O)c2cc(NS(=O)(=O)c3ccccc3)ccc2O1. The lowest BCUT2D eigenvalue weighted by atomic mass is 10.0. The normalized spacial score (nSPS) is 21.0. The van der Waals surface area contributed by atoms with Gasteiger partial charge < -0.3 is 24.0 Å². The van der Waals surface area contributed by atoms with Crippen LogP contribution in [0, 0.1) is 5.92 Å². The average Bonchev–Trinajstić information content (AvgIpc) is 3.49. The number of aryl methyl sites for hydroxylation is 1. The Hall–Kier alpha value is -3.50. The number of imidazole rings is 1. The van der Waals surface area contributed by atoms with Gasteiger partial charge in [0.15, 0.2) is 5.03 Å². The van der Waals surface area contributed by atoms with E-state index in [0.29, 0.717) is 25.2 Å². The highest BCUT2D eigenvalue weighted by atomic mass is 32.2. The lowest BCUT2D eigenvalue weighted by Gasteiger charge is -2.35. The van der Waals surface area contributed by atoms with Crippen molar-refractivity contribution in [1.82, 2.24) is 18.8 Å². The van der Waals surface area contributed by atoms with Crippen LogP contribution in [0.5, 0.6) is 5.75 Å². The van der Waals surface area contributed by atoms with Crippen LogP contribution in [0.25, 0.3) is 0 Å². The molecule has 0 radical (unpaired) electrons. The summed E-state index contributed by atoms with van der Waals surface area (Å²) in [5.41, 5.74) is 0.299. The number of anilines is 1. The number of aliphatic hydroxyl groups excluding tert-OH is 1. The Labute approximate surface area is 277 Å². The van der Waals surface area contributed by atoms with Crippen molar-refractivity contribution in [3.63, 3.8) is 0 Å². The highest BCUT2D eigenvalue weighted by Gasteiger charge is 2.33. The summed E-state index contributed by atoms with van der Waals surface area (Å²) in [6.45, 7) is 5.62. The summed E-state index contributed by atoms with van der Waals surface area (Å²) < 4.78 is 70.6. The molecule has 0 saturated heterocycles. The van der Waals surface area contributed by atoms with Gasteiger partial charge in [-0.05, 0) is 63.4 Å². The minimum Gasteiger partial charge on any atom is -0.490 e. The summed E-state index contributed by atoms with van der Waals surface area (Å²) in [6.07, 6.45) is 4.10. The Kier molecular flexibility index (Phi) is 12.1. The number of carbonyl (C=O) groups is 1. The molecule has 258 valence electrons. The monoisotopic (exact) mass is 691 g/mol. The number of hydrogen-bond donors (Lipinski definition) is 2.